The number of hydrogen-bond acceptors (Lipinski definition) is 1. The maximum absolute atomic E-state index is 13.0. The Kier molecular flexibility index (Phi) is 4.61. The first kappa shape index (κ1) is 16.3. The second-order valence-corrected chi connectivity index (χ2v) is 5.38. The monoisotopic (exact) mass is 354 g/mol. The van der Waals surface area contributed by atoms with Crippen molar-refractivity contribution >= 4 is 34.8 Å². The van der Waals surface area contributed by atoms with Crippen LogP contribution in [0.1, 0.15) is 5.56 Å². The van der Waals surface area contributed by atoms with Crippen LogP contribution in [0.2, 0.25) is 15.1 Å². The van der Waals surface area contributed by atoms with Gasteiger partial charge >= 0.3 is 6.18 Å². The van der Waals surface area contributed by atoms with Crippen molar-refractivity contribution in [2.45, 2.75) is 6.18 Å². The molecule has 7 heteroatoms. The van der Waals surface area contributed by atoms with Crippen molar-refractivity contribution in [2.24, 2.45) is 0 Å². The first-order valence-corrected chi connectivity index (χ1v) is 6.77. The highest BCUT2D eigenvalue weighted by Crippen LogP contribution is 2.41. The first-order valence-electron chi connectivity index (χ1n) is 5.64. The van der Waals surface area contributed by atoms with Crippen LogP contribution in [0.5, 0.6) is 5.75 Å². The molecule has 0 heterocycles. The summed E-state index contributed by atoms with van der Waals surface area (Å²) < 4.78 is 43.8. The van der Waals surface area contributed by atoms with Gasteiger partial charge in [0.2, 0.25) is 0 Å². The second-order valence-electron chi connectivity index (χ2n) is 4.16. The molecule has 0 spiro atoms. The number of hydrogen-bond donors (Lipinski definition) is 0. The topological polar surface area (TPSA) is 9.23 Å². The maximum atomic E-state index is 13.0. The van der Waals surface area contributed by atoms with Gasteiger partial charge in [-0.15, -0.1) is 0 Å². The Morgan fingerprint density at radius 2 is 1.52 bits per heavy atom. The van der Waals surface area contributed by atoms with E-state index in [1.807, 2.05) is 0 Å². The third kappa shape index (κ3) is 3.39. The fraction of sp³-hybridized carbons (Fsp3) is 0.143. The van der Waals surface area contributed by atoms with E-state index in [2.05, 4.69) is 0 Å². The van der Waals surface area contributed by atoms with Crippen LogP contribution in [0.25, 0.3) is 11.1 Å². The molecular weight excluding hydrogens is 348 g/mol. The number of alkyl halides is 3. The molecule has 2 aromatic rings. The Morgan fingerprint density at radius 1 is 0.905 bits per heavy atom. The van der Waals surface area contributed by atoms with E-state index >= 15 is 0 Å². The summed E-state index contributed by atoms with van der Waals surface area (Å²) in [6, 6.07) is 6.48. The highest BCUT2D eigenvalue weighted by atomic mass is 35.5. The van der Waals surface area contributed by atoms with Crippen molar-refractivity contribution in [2.75, 3.05) is 7.11 Å². The largest absolute Gasteiger partial charge is 0.496 e. The number of ether oxygens (including phenoxy) is 1. The zero-order valence-corrected chi connectivity index (χ0v) is 12.8. The van der Waals surface area contributed by atoms with E-state index in [1.54, 1.807) is 0 Å². The van der Waals surface area contributed by atoms with Crippen molar-refractivity contribution in [3.8, 4) is 16.9 Å². The van der Waals surface area contributed by atoms with Gasteiger partial charge in [0.1, 0.15) is 5.75 Å². The van der Waals surface area contributed by atoms with Gasteiger partial charge in [-0.2, -0.15) is 13.2 Å². The van der Waals surface area contributed by atoms with Crippen molar-refractivity contribution in [3.05, 3.63) is 51.0 Å². The molecule has 0 aliphatic rings. The van der Waals surface area contributed by atoms with Gasteiger partial charge in [-0.1, -0.05) is 40.9 Å². The zero-order valence-electron chi connectivity index (χ0n) is 10.6. The molecule has 112 valence electrons. The minimum Gasteiger partial charge on any atom is -0.496 e. The highest BCUT2D eigenvalue weighted by molar-refractivity contribution is 6.44. The summed E-state index contributed by atoms with van der Waals surface area (Å²) in [6.45, 7) is 0. The van der Waals surface area contributed by atoms with Gasteiger partial charge in [0.25, 0.3) is 0 Å². The minimum absolute atomic E-state index is 0.209. The summed E-state index contributed by atoms with van der Waals surface area (Å²) in [5, 5.41) is 0.651. The van der Waals surface area contributed by atoms with Crippen molar-refractivity contribution < 1.29 is 17.9 Å². The highest BCUT2D eigenvalue weighted by Gasteiger charge is 2.34. The van der Waals surface area contributed by atoms with E-state index in [0.717, 1.165) is 6.07 Å². The predicted molar refractivity (Wildman–Crippen MR) is 78.5 cm³/mol. The van der Waals surface area contributed by atoms with Gasteiger partial charge in [-0.05, 0) is 29.8 Å². The first-order chi connectivity index (χ1) is 9.74. The van der Waals surface area contributed by atoms with Crippen molar-refractivity contribution in [1.82, 2.24) is 0 Å². The fourth-order valence-electron chi connectivity index (χ4n) is 1.84. The molecule has 21 heavy (non-hydrogen) atoms. The van der Waals surface area contributed by atoms with E-state index in [0.29, 0.717) is 5.56 Å². The Balaban J connectivity index is 2.63. The molecule has 0 atom stereocenters. The van der Waals surface area contributed by atoms with Crippen LogP contribution in [0, 0.1) is 0 Å². The summed E-state index contributed by atoms with van der Waals surface area (Å²) >= 11 is 17.7. The van der Waals surface area contributed by atoms with Gasteiger partial charge in [0, 0.05) is 10.6 Å². The molecule has 0 radical (unpaired) electrons. The molecule has 0 saturated heterocycles. The lowest BCUT2D eigenvalue weighted by atomic mass is 10.0. The molecular formula is C14H8Cl3F3O. The summed E-state index contributed by atoms with van der Waals surface area (Å²) in [5.41, 5.74) is -0.254. The summed E-state index contributed by atoms with van der Waals surface area (Å²) in [7, 11) is 1.18. The fourth-order valence-corrected chi connectivity index (χ4v) is 2.50. The molecule has 0 bridgehead atoms. The molecule has 0 aliphatic carbocycles. The second kappa shape index (κ2) is 5.95. The minimum atomic E-state index is -4.54. The lowest BCUT2D eigenvalue weighted by Gasteiger charge is -2.14. The van der Waals surface area contributed by atoms with Gasteiger partial charge in [-0.3, -0.25) is 0 Å². The normalized spacial score (nSPS) is 11.6. The van der Waals surface area contributed by atoms with E-state index in [9.17, 15) is 13.2 Å². The third-order valence-electron chi connectivity index (χ3n) is 2.83. The predicted octanol–water partition coefficient (Wildman–Crippen LogP) is 6.34. The van der Waals surface area contributed by atoms with Crippen LogP contribution >= 0.6 is 34.8 Å². The van der Waals surface area contributed by atoms with Crippen molar-refractivity contribution in [1.29, 1.82) is 0 Å². The quantitative estimate of drug-likeness (QED) is 0.571. The molecule has 1 nitrogen and oxygen atoms in total. The number of halogens is 6. The number of rotatable bonds is 2. The lowest BCUT2D eigenvalue weighted by Crippen LogP contribution is -2.07. The third-order valence-corrected chi connectivity index (χ3v) is 3.86. The van der Waals surface area contributed by atoms with Crippen molar-refractivity contribution in [3.63, 3.8) is 0 Å². The smallest absolute Gasteiger partial charge is 0.419 e. The van der Waals surface area contributed by atoms with Crippen LogP contribution in [-0.4, -0.2) is 7.11 Å². The summed E-state index contributed by atoms with van der Waals surface area (Å²) in [6.07, 6.45) is -4.54. The average molecular weight is 356 g/mol. The Hall–Kier alpha value is -1.10. The molecule has 0 amide bonds. The van der Waals surface area contributed by atoms with Gasteiger partial charge in [-0.25, -0.2) is 0 Å². The van der Waals surface area contributed by atoms with E-state index in [-0.39, 0.29) is 26.4 Å². The number of methoxy groups -OCH3 is 1. The molecule has 2 rings (SSSR count). The van der Waals surface area contributed by atoms with Crippen LogP contribution < -0.4 is 4.74 Å². The summed E-state index contributed by atoms with van der Waals surface area (Å²) in [4.78, 5) is 0. The van der Waals surface area contributed by atoms with Gasteiger partial charge < -0.3 is 4.74 Å². The number of benzene rings is 2. The Labute approximate surface area is 134 Å². The van der Waals surface area contributed by atoms with Crippen LogP contribution in [0.3, 0.4) is 0 Å². The summed E-state index contributed by atoms with van der Waals surface area (Å²) in [5.74, 6) is -0.262. The van der Waals surface area contributed by atoms with Gasteiger partial charge in [0.15, 0.2) is 0 Å². The maximum Gasteiger partial charge on any atom is 0.419 e. The van der Waals surface area contributed by atoms with Crippen LogP contribution in [0.15, 0.2) is 30.3 Å². The van der Waals surface area contributed by atoms with Gasteiger partial charge in [0.05, 0.1) is 22.7 Å². The SMILES string of the molecule is COc1ccc(-c2cc(Cl)c(Cl)cc2Cl)cc1C(F)(F)F. The van der Waals surface area contributed by atoms with E-state index in [4.69, 9.17) is 39.5 Å². The standard InChI is InChI=1S/C14H8Cl3F3O/c1-21-13-3-2-7(4-9(13)14(18,19)20)8-5-11(16)12(17)6-10(8)15/h2-6H,1H3. The molecule has 2 aromatic carbocycles. The van der Waals surface area contributed by atoms with Crippen LogP contribution in [-0.2, 0) is 6.18 Å². The van der Waals surface area contributed by atoms with E-state index in [1.165, 1.54) is 31.4 Å². The van der Waals surface area contributed by atoms with Crippen LogP contribution in [0.4, 0.5) is 13.2 Å². The van der Waals surface area contributed by atoms with E-state index < -0.39 is 11.7 Å². The zero-order chi connectivity index (χ0) is 15.8. The lowest BCUT2D eigenvalue weighted by molar-refractivity contribution is -0.138. The molecule has 0 fully saturated rings. The molecule has 0 aliphatic heterocycles. The Morgan fingerprint density at radius 3 is 2.10 bits per heavy atom. The average Bonchev–Trinajstić information content (AvgIpc) is 2.41. The molecule has 0 N–H and O–H groups in total. The molecule has 0 saturated carbocycles. The molecule has 0 aromatic heterocycles. The Bertz CT molecular complexity index is 684. The molecule has 0 unspecified atom stereocenters.